The fourth-order valence-electron chi connectivity index (χ4n) is 2.52. The van der Waals surface area contributed by atoms with Gasteiger partial charge in [-0.1, -0.05) is 24.3 Å². The molecule has 3 rings (SSSR count). The highest BCUT2D eigenvalue weighted by Crippen LogP contribution is 2.34. The molecule has 3 N–H and O–H groups in total. The van der Waals surface area contributed by atoms with Crippen LogP contribution in [-0.2, 0) is 17.5 Å². The topological polar surface area (TPSA) is 96.0 Å². The molecular formula is C17H13F3N4O3. The number of anilines is 1. The molecule has 1 amide bonds. The van der Waals surface area contributed by atoms with Crippen LogP contribution in [0.3, 0.4) is 0 Å². The molecule has 7 nitrogen and oxygen atoms in total. The first-order valence-electron chi connectivity index (χ1n) is 7.70. The van der Waals surface area contributed by atoms with Gasteiger partial charge < -0.3 is 0 Å². The van der Waals surface area contributed by atoms with Gasteiger partial charge in [-0.05, 0) is 24.3 Å². The third-order valence-corrected chi connectivity index (χ3v) is 3.75. The van der Waals surface area contributed by atoms with Crippen molar-refractivity contribution >= 4 is 22.4 Å². The first-order valence-corrected chi connectivity index (χ1v) is 7.70. The van der Waals surface area contributed by atoms with Crippen molar-refractivity contribution in [2.24, 2.45) is 0 Å². The molecule has 0 atom stereocenters. The average Bonchev–Trinajstić information content (AvgIpc) is 2.64. The number of nitrogens with one attached hydrogen (secondary N) is 3. The Bertz CT molecular complexity index is 1120. The number of benzene rings is 2. The van der Waals surface area contributed by atoms with Gasteiger partial charge in [-0.3, -0.25) is 30.3 Å². The van der Waals surface area contributed by atoms with Crippen molar-refractivity contribution < 1.29 is 18.0 Å². The zero-order valence-corrected chi connectivity index (χ0v) is 13.6. The molecule has 0 saturated heterocycles. The highest BCUT2D eigenvalue weighted by atomic mass is 19.4. The molecule has 1 aromatic heterocycles. The zero-order valence-electron chi connectivity index (χ0n) is 13.6. The highest BCUT2D eigenvalue weighted by Gasteiger charge is 2.33. The number of aromatic amines is 1. The van der Waals surface area contributed by atoms with E-state index in [1.807, 2.05) is 0 Å². The number of aromatic nitrogens is 2. The van der Waals surface area contributed by atoms with Crippen LogP contribution in [0, 0.1) is 0 Å². The maximum Gasteiger partial charge on any atom is 0.418 e. The zero-order chi connectivity index (χ0) is 19.6. The molecule has 27 heavy (non-hydrogen) atoms. The van der Waals surface area contributed by atoms with Gasteiger partial charge in [0.2, 0.25) is 0 Å². The molecule has 0 fully saturated rings. The van der Waals surface area contributed by atoms with E-state index in [2.05, 4.69) is 16.0 Å². The lowest BCUT2D eigenvalue weighted by atomic mass is 10.2. The summed E-state index contributed by atoms with van der Waals surface area (Å²) < 4.78 is 39.6. The highest BCUT2D eigenvalue weighted by molar-refractivity contribution is 5.81. The molecule has 0 aliphatic rings. The number of hydrogen-bond acceptors (Lipinski definition) is 4. The number of H-pyrrole nitrogens is 1. The fourth-order valence-corrected chi connectivity index (χ4v) is 2.52. The number of amides is 1. The van der Waals surface area contributed by atoms with Crippen LogP contribution in [0.2, 0.25) is 0 Å². The van der Waals surface area contributed by atoms with Crippen LogP contribution in [0.25, 0.3) is 10.8 Å². The third-order valence-electron chi connectivity index (χ3n) is 3.75. The van der Waals surface area contributed by atoms with Crippen LogP contribution in [0.15, 0.2) is 58.1 Å². The molecule has 3 aromatic rings. The van der Waals surface area contributed by atoms with Crippen molar-refractivity contribution in [3.05, 3.63) is 74.8 Å². The van der Waals surface area contributed by atoms with Crippen LogP contribution in [0.1, 0.15) is 5.56 Å². The van der Waals surface area contributed by atoms with E-state index in [0.717, 1.165) is 16.8 Å². The van der Waals surface area contributed by atoms with E-state index in [4.69, 9.17) is 0 Å². The molecule has 2 aromatic carbocycles. The number of halogens is 3. The lowest BCUT2D eigenvalue weighted by molar-refractivity contribution is -0.137. The van der Waals surface area contributed by atoms with Gasteiger partial charge in [-0.25, -0.2) is 4.68 Å². The number of hydrogen-bond donors (Lipinski definition) is 3. The Morgan fingerprint density at radius 2 is 1.63 bits per heavy atom. The molecule has 0 unspecified atom stereocenters. The summed E-state index contributed by atoms with van der Waals surface area (Å²) in [6, 6.07) is 10.7. The van der Waals surface area contributed by atoms with Gasteiger partial charge >= 0.3 is 6.18 Å². The van der Waals surface area contributed by atoms with E-state index < -0.39 is 35.3 Å². The summed E-state index contributed by atoms with van der Waals surface area (Å²) >= 11 is 0. The molecule has 0 radical (unpaired) electrons. The number of fused-ring (bicyclic) bond motifs is 1. The van der Waals surface area contributed by atoms with Crippen molar-refractivity contribution in [3.8, 4) is 0 Å². The van der Waals surface area contributed by atoms with E-state index in [-0.39, 0.29) is 16.5 Å². The Labute approximate surface area is 149 Å². The minimum absolute atomic E-state index is 0.129. The van der Waals surface area contributed by atoms with Crippen molar-refractivity contribution in [2.75, 3.05) is 5.43 Å². The van der Waals surface area contributed by atoms with E-state index >= 15 is 0 Å². The van der Waals surface area contributed by atoms with Gasteiger partial charge in [-0.2, -0.15) is 13.2 Å². The molecule has 10 heteroatoms. The SMILES string of the molecule is O=C(Cn1[nH]c(=O)c2ccccc2c1=O)NNc1ccccc1C(F)(F)F. The lowest BCUT2D eigenvalue weighted by Crippen LogP contribution is -2.39. The second-order valence-corrected chi connectivity index (χ2v) is 5.59. The number of rotatable bonds is 4. The van der Waals surface area contributed by atoms with Crippen molar-refractivity contribution in [3.63, 3.8) is 0 Å². The average molecular weight is 378 g/mol. The maximum absolute atomic E-state index is 12.9. The van der Waals surface area contributed by atoms with Crippen LogP contribution in [0.4, 0.5) is 18.9 Å². The number of carbonyl (C=O) groups is 1. The molecule has 0 aliphatic heterocycles. The van der Waals surface area contributed by atoms with E-state index in [0.29, 0.717) is 0 Å². The van der Waals surface area contributed by atoms with Crippen molar-refractivity contribution in [2.45, 2.75) is 12.7 Å². The van der Waals surface area contributed by atoms with Gasteiger partial charge in [0.25, 0.3) is 17.0 Å². The lowest BCUT2D eigenvalue weighted by Gasteiger charge is -2.15. The van der Waals surface area contributed by atoms with Crippen LogP contribution < -0.4 is 22.0 Å². The summed E-state index contributed by atoms with van der Waals surface area (Å²) in [7, 11) is 0. The number of para-hydroxylation sites is 1. The summed E-state index contributed by atoms with van der Waals surface area (Å²) in [6.45, 7) is -0.583. The molecule has 1 heterocycles. The van der Waals surface area contributed by atoms with Gasteiger partial charge in [-0.15, -0.1) is 0 Å². The van der Waals surface area contributed by atoms with Gasteiger partial charge in [0.05, 0.1) is 22.0 Å². The minimum Gasteiger partial charge on any atom is -0.298 e. The smallest absolute Gasteiger partial charge is 0.298 e. The maximum atomic E-state index is 12.9. The standard InChI is InChI=1S/C17H13F3N4O3/c18-17(19,20)12-7-3-4-8-13(12)21-22-14(25)9-24-16(27)11-6-2-1-5-10(11)15(26)23-24/h1-8,21H,9H2,(H,22,25)(H,23,26). The first-order chi connectivity index (χ1) is 12.8. The Hall–Kier alpha value is -3.56. The van der Waals surface area contributed by atoms with Crippen molar-refractivity contribution in [1.29, 1.82) is 0 Å². The molecule has 0 spiro atoms. The summed E-state index contributed by atoms with van der Waals surface area (Å²) in [5, 5.41) is 2.57. The summed E-state index contributed by atoms with van der Waals surface area (Å²) in [6.07, 6.45) is -4.60. The number of alkyl halides is 3. The number of carbonyl (C=O) groups excluding carboxylic acids is 1. The number of hydrazine groups is 1. The second-order valence-electron chi connectivity index (χ2n) is 5.59. The predicted octanol–water partition coefficient (Wildman–Crippen LogP) is 1.85. The molecule has 0 aliphatic carbocycles. The Balaban J connectivity index is 1.78. The Morgan fingerprint density at radius 1 is 1.00 bits per heavy atom. The second kappa shape index (κ2) is 6.98. The van der Waals surface area contributed by atoms with Crippen molar-refractivity contribution in [1.82, 2.24) is 15.2 Å². The van der Waals surface area contributed by atoms with E-state index in [1.165, 1.54) is 24.3 Å². The fraction of sp³-hybridized carbons (Fsp3) is 0.118. The molecule has 140 valence electrons. The third kappa shape index (κ3) is 3.84. The summed E-state index contributed by atoms with van der Waals surface area (Å²) in [4.78, 5) is 36.3. The molecule has 0 bridgehead atoms. The molecule has 0 saturated carbocycles. The quantitative estimate of drug-likeness (QED) is 0.604. The van der Waals surface area contributed by atoms with E-state index in [1.54, 1.807) is 12.1 Å². The van der Waals surface area contributed by atoms with Gasteiger partial charge in [0.15, 0.2) is 0 Å². The monoisotopic (exact) mass is 378 g/mol. The van der Waals surface area contributed by atoms with Crippen LogP contribution >= 0.6 is 0 Å². The Morgan fingerprint density at radius 3 is 2.33 bits per heavy atom. The first kappa shape index (κ1) is 18.2. The summed E-state index contributed by atoms with van der Waals surface area (Å²) in [5.41, 5.74) is 1.80. The van der Waals surface area contributed by atoms with Gasteiger partial charge in [0, 0.05) is 0 Å². The van der Waals surface area contributed by atoms with Crippen LogP contribution in [0.5, 0.6) is 0 Å². The largest absolute Gasteiger partial charge is 0.418 e. The van der Waals surface area contributed by atoms with E-state index in [9.17, 15) is 27.6 Å². The van der Waals surface area contributed by atoms with Gasteiger partial charge in [0.1, 0.15) is 6.54 Å². The summed E-state index contributed by atoms with van der Waals surface area (Å²) in [5.74, 6) is -0.819. The number of nitrogens with zero attached hydrogens (tertiary/aromatic N) is 1. The predicted molar refractivity (Wildman–Crippen MR) is 92.0 cm³/mol. The Kier molecular flexibility index (Phi) is 4.72. The minimum atomic E-state index is -4.60. The molecular weight excluding hydrogens is 365 g/mol. The normalized spacial score (nSPS) is 11.4. The van der Waals surface area contributed by atoms with Crippen LogP contribution in [-0.4, -0.2) is 15.7 Å².